The minimum Gasteiger partial charge on any atom is -0.449 e. The summed E-state index contributed by atoms with van der Waals surface area (Å²) in [6.45, 7) is 1.18. The monoisotopic (exact) mass is 503 g/mol. The number of halogens is 5. The molecule has 0 saturated heterocycles. The minimum absolute atomic E-state index is 0.00642. The fraction of sp³-hybridized carbons (Fsp3) is 0.200. The van der Waals surface area contributed by atoms with Gasteiger partial charge in [0.1, 0.15) is 10.9 Å². The SMILES string of the molecule is CC(c1ccc(Oc2cnc(OC(=O)O)cn2)cc1Cl)C(O)(c1ccnc(Cl)c1)C(F)(F)F. The quantitative estimate of drug-likeness (QED) is 0.330. The van der Waals surface area contributed by atoms with Gasteiger partial charge >= 0.3 is 12.3 Å². The molecular weight excluding hydrogens is 490 g/mol. The highest BCUT2D eigenvalue weighted by Gasteiger charge is 2.59. The first kappa shape index (κ1) is 24.5. The predicted octanol–water partition coefficient (Wildman–Crippen LogP) is 5.58. The Labute approximate surface area is 194 Å². The Hall–Kier alpha value is -3.15. The third-order valence-corrected chi connectivity index (χ3v) is 5.22. The molecule has 0 radical (unpaired) electrons. The first-order valence-corrected chi connectivity index (χ1v) is 9.78. The molecule has 2 heterocycles. The van der Waals surface area contributed by atoms with Crippen molar-refractivity contribution in [1.82, 2.24) is 15.0 Å². The molecule has 8 nitrogen and oxygen atoms in total. The Morgan fingerprint density at radius 1 is 1.06 bits per heavy atom. The maximum atomic E-state index is 14.0. The minimum atomic E-state index is -5.06. The number of hydrogen-bond acceptors (Lipinski definition) is 7. The Bertz CT molecular complexity index is 1160. The second-order valence-electron chi connectivity index (χ2n) is 6.70. The van der Waals surface area contributed by atoms with Crippen molar-refractivity contribution in [2.45, 2.75) is 24.6 Å². The van der Waals surface area contributed by atoms with Gasteiger partial charge in [-0.2, -0.15) is 13.2 Å². The van der Waals surface area contributed by atoms with Crippen LogP contribution in [0.15, 0.2) is 48.9 Å². The summed E-state index contributed by atoms with van der Waals surface area (Å²) in [5.41, 5.74) is -3.80. The third kappa shape index (κ3) is 5.27. The van der Waals surface area contributed by atoms with Gasteiger partial charge in [-0.05, 0) is 35.4 Å². The van der Waals surface area contributed by atoms with Gasteiger partial charge in [-0.25, -0.2) is 19.7 Å². The lowest BCUT2D eigenvalue weighted by atomic mass is 9.78. The Morgan fingerprint density at radius 3 is 2.27 bits per heavy atom. The molecule has 2 N–H and O–H groups in total. The summed E-state index contributed by atoms with van der Waals surface area (Å²) in [6.07, 6.45) is -3.48. The van der Waals surface area contributed by atoms with E-state index >= 15 is 0 Å². The van der Waals surface area contributed by atoms with Crippen molar-refractivity contribution < 1.29 is 37.7 Å². The third-order valence-electron chi connectivity index (χ3n) is 4.68. The highest BCUT2D eigenvalue weighted by atomic mass is 35.5. The highest BCUT2D eigenvalue weighted by Crippen LogP contribution is 2.50. The number of aliphatic hydroxyl groups is 1. The zero-order valence-corrected chi connectivity index (χ0v) is 18.1. The summed E-state index contributed by atoms with van der Waals surface area (Å²) >= 11 is 12.0. The van der Waals surface area contributed by atoms with E-state index in [1.54, 1.807) is 0 Å². The van der Waals surface area contributed by atoms with Crippen LogP contribution in [0.25, 0.3) is 0 Å². The average Bonchev–Trinajstić information content (AvgIpc) is 2.73. The number of pyridine rings is 1. The van der Waals surface area contributed by atoms with Gasteiger partial charge in [-0.1, -0.05) is 36.2 Å². The second-order valence-corrected chi connectivity index (χ2v) is 7.49. The lowest BCUT2D eigenvalue weighted by molar-refractivity contribution is -0.274. The largest absolute Gasteiger partial charge is 0.512 e. The first-order valence-electron chi connectivity index (χ1n) is 9.03. The number of nitrogens with zero attached hydrogens (tertiary/aromatic N) is 3. The van der Waals surface area contributed by atoms with E-state index in [4.69, 9.17) is 33.0 Å². The molecule has 2 aromatic heterocycles. The summed E-state index contributed by atoms with van der Waals surface area (Å²) in [5.74, 6) is -1.76. The summed E-state index contributed by atoms with van der Waals surface area (Å²) in [6, 6.07) is 5.81. The maximum absolute atomic E-state index is 14.0. The Morgan fingerprint density at radius 2 is 1.73 bits per heavy atom. The van der Waals surface area contributed by atoms with Crippen molar-refractivity contribution in [3.63, 3.8) is 0 Å². The van der Waals surface area contributed by atoms with E-state index in [1.807, 2.05) is 0 Å². The average molecular weight is 504 g/mol. The van der Waals surface area contributed by atoms with Crippen LogP contribution in [0.5, 0.6) is 17.5 Å². The summed E-state index contributed by atoms with van der Waals surface area (Å²) in [4.78, 5) is 21.6. The lowest BCUT2D eigenvalue weighted by Crippen LogP contribution is -2.46. The molecule has 0 spiro atoms. The van der Waals surface area contributed by atoms with Crippen LogP contribution >= 0.6 is 23.2 Å². The number of rotatable bonds is 6. The van der Waals surface area contributed by atoms with Crippen LogP contribution in [0, 0.1) is 0 Å². The van der Waals surface area contributed by atoms with Crippen LogP contribution in [0.4, 0.5) is 18.0 Å². The molecule has 3 rings (SSSR count). The number of carbonyl (C=O) groups is 1. The van der Waals surface area contributed by atoms with Crippen LogP contribution < -0.4 is 9.47 Å². The molecule has 0 aliphatic carbocycles. The molecule has 0 aliphatic heterocycles. The zero-order chi connectivity index (χ0) is 24.4. The van der Waals surface area contributed by atoms with Gasteiger partial charge in [0.05, 0.1) is 12.4 Å². The van der Waals surface area contributed by atoms with Crippen molar-refractivity contribution in [3.05, 3.63) is 70.2 Å². The van der Waals surface area contributed by atoms with Crippen molar-refractivity contribution in [2.75, 3.05) is 0 Å². The molecule has 0 amide bonds. The lowest BCUT2D eigenvalue weighted by Gasteiger charge is -2.37. The van der Waals surface area contributed by atoms with E-state index in [2.05, 4.69) is 19.7 Å². The van der Waals surface area contributed by atoms with E-state index in [0.29, 0.717) is 0 Å². The topological polar surface area (TPSA) is 115 Å². The van der Waals surface area contributed by atoms with E-state index in [1.165, 1.54) is 25.1 Å². The van der Waals surface area contributed by atoms with Crippen LogP contribution in [0.1, 0.15) is 24.0 Å². The van der Waals surface area contributed by atoms with E-state index < -0.39 is 29.4 Å². The maximum Gasteiger partial charge on any atom is 0.512 e. The summed E-state index contributed by atoms with van der Waals surface area (Å²) < 4.78 is 51.8. The van der Waals surface area contributed by atoms with Crippen molar-refractivity contribution >= 4 is 29.4 Å². The number of benzene rings is 1. The van der Waals surface area contributed by atoms with Gasteiger partial charge < -0.3 is 19.7 Å². The fourth-order valence-corrected chi connectivity index (χ4v) is 3.57. The summed E-state index contributed by atoms with van der Waals surface area (Å²) in [5, 5.41) is 19.0. The molecule has 0 aliphatic rings. The Balaban J connectivity index is 1.89. The number of carboxylic acid groups (broad SMARTS) is 1. The smallest absolute Gasteiger partial charge is 0.449 e. The van der Waals surface area contributed by atoms with E-state index in [-0.39, 0.29) is 33.2 Å². The molecule has 0 bridgehead atoms. The molecule has 174 valence electrons. The summed E-state index contributed by atoms with van der Waals surface area (Å²) in [7, 11) is 0. The molecule has 33 heavy (non-hydrogen) atoms. The van der Waals surface area contributed by atoms with Gasteiger partial charge in [0.25, 0.3) is 0 Å². The van der Waals surface area contributed by atoms with Gasteiger partial charge in [-0.15, -0.1) is 0 Å². The molecule has 13 heteroatoms. The van der Waals surface area contributed by atoms with Crippen molar-refractivity contribution in [2.24, 2.45) is 0 Å². The number of alkyl halides is 3. The first-order chi connectivity index (χ1) is 15.4. The van der Waals surface area contributed by atoms with E-state index in [0.717, 1.165) is 30.7 Å². The van der Waals surface area contributed by atoms with Crippen LogP contribution in [-0.4, -0.2) is 37.5 Å². The molecule has 1 aromatic carbocycles. The van der Waals surface area contributed by atoms with E-state index in [9.17, 15) is 23.1 Å². The molecular formula is C20H14Cl2F3N3O5. The van der Waals surface area contributed by atoms with Crippen molar-refractivity contribution in [1.29, 1.82) is 0 Å². The number of ether oxygens (including phenoxy) is 2. The van der Waals surface area contributed by atoms with Crippen LogP contribution in [0.3, 0.4) is 0 Å². The van der Waals surface area contributed by atoms with Crippen LogP contribution in [0.2, 0.25) is 10.2 Å². The predicted molar refractivity (Wildman–Crippen MR) is 110 cm³/mol. The normalized spacial score (nSPS) is 14.3. The standard InChI is InChI=1S/C20H14Cl2F3N3O5/c1-10(19(31,20(23,24)25)11-4-5-26-15(22)6-11)13-3-2-12(7-14(13)21)32-16-8-28-17(9-27-16)33-18(29)30/h2-10,31H,1H3,(H,29,30). The molecule has 2 unspecified atom stereocenters. The zero-order valence-electron chi connectivity index (χ0n) is 16.5. The molecule has 2 atom stereocenters. The number of hydrogen-bond donors (Lipinski definition) is 2. The molecule has 3 aromatic rings. The molecule has 0 fully saturated rings. The fourth-order valence-electron chi connectivity index (χ4n) is 3.07. The van der Waals surface area contributed by atoms with Gasteiger partial charge in [0.2, 0.25) is 11.8 Å². The highest BCUT2D eigenvalue weighted by molar-refractivity contribution is 6.31. The van der Waals surface area contributed by atoms with Crippen LogP contribution in [-0.2, 0) is 5.60 Å². The van der Waals surface area contributed by atoms with Gasteiger partial charge in [0.15, 0.2) is 5.60 Å². The molecule has 0 saturated carbocycles. The van der Waals surface area contributed by atoms with Gasteiger partial charge in [-0.3, -0.25) is 0 Å². The number of aromatic nitrogens is 3. The second kappa shape index (κ2) is 9.38. The Kier molecular flexibility index (Phi) is 6.96. The van der Waals surface area contributed by atoms with Crippen molar-refractivity contribution in [3.8, 4) is 17.5 Å². The van der Waals surface area contributed by atoms with Gasteiger partial charge in [0, 0.05) is 17.1 Å².